The minimum Gasteiger partial charge on any atom is -0.351 e. The van der Waals surface area contributed by atoms with Gasteiger partial charge < -0.3 is 10.6 Å². The highest BCUT2D eigenvalue weighted by molar-refractivity contribution is 5.74. The molecule has 0 aromatic carbocycles. The van der Waals surface area contributed by atoms with E-state index in [2.05, 4.69) is 34.6 Å². The maximum absolute atomic E-state index is 11.3. The molecule has 0 aliphatic carbocycles. The van der Waals surface area contributed by atoms with Gasteiger partial charge in [0, 0.05) is 11.1 Å². The first-order valence-electron chi connectivity index (χ1n) is 4.79. The number of urea groups is 1. The van der Waals surface area contributed by atoms with Gasteiger partial charge >= 0.3 is 6.03 Å². The van der Waals surface area contributed by atoms with Gasteiger partial charge in [0.1, 0.15) is 0 Å². The summed E-state index contributed by atoms with van der Waals surface area (Å²) in [5.74, 6) is 0.495. The van der Waals surface area contributed by atoms with Crippen molar-refractivity contribution in [2.45, 2.75) is 52.1 Å². The number of likely N-dealkylation sites (tertiary alicyclic amines) is 1. The SMILES string of the molecule is CC1CC(C)(C)N(C(N)=O)C1(C)C. The van der Waals surface area contributed by atoms with E-state index in [1.54, 1.807) is 0 Å². The van der Waals surface area contributed by atoms with Crippen molar-refractivity contribution in [2.24, 2.45) is 11.7 Å². The third kappa shape index (κ3) is 1.40. The molecule has 1 aliphatic heterocycles. The lowest BCUT2D eigenvalue weighted by Crippen LogP contribution is -2.55. The number of primary amides is 1. The number of rotatable bonds is 0. The summed E-state index contributed by atoms with van der Waals surface area (Å²) in [6.45, 7) is 10.5. The van der Waals surface area contributed by atoms with E-state index in [1.165, 1.54) is 0 Å². The molecule has 0 spiro atoms. The van der Waals surface area contributed by atoms with Crippen LogP contribution in [0.15, 0.2) is 0 Å². The van der Waals surface area contributed by atoms with E-state index in [9.17, 15) is 4.79 Å². The van der Waals surface area contributed by atoms with Gasteiger partial charge in [-0.25, -0.2) is 4.79 Å². The van der Waals surface area contributed by atoms with Crippen molar-refractivity contribution in [3.05, 3.63) is 0 Å². The largest absolute Gasteiger partial charge is 0.351 e. The fraction of sp³-hybridized carbons (Fsp3) is 0.900. The average Bonchev–Trinajstić information content (AvgIpc) is 1.96. The molecule has 1 fully saturated rings. The molecule has 0 bridgehead atoms. The van der Waals surface area contributed by atoms with Crippen LogP contribution < -0.4 is 5.73 Å². The third-order valence-electron chi connectivity index (χ3n) is 3.41. The number of nitrogens with two attached hydrogens (primary N) is 1. The summed E-state index contributed by atoms with van der Waals surface area (Å²) in [5.41, 5.74) is 5.18. The first kappa shape index (κ1) is 10.4. The number of carbonyl (C=O) groups is 1. The van der Waals surface area contributed by atoms with Crippen LogP contribution in [0.25, 0.3) is 0 Å². The summed E-state index contributed by atoms with van der Waals surface area (Å²) in [4.78, 5) is 13.1. The Morgan fingerprint density at radius 2 is 1.85 bits per heavy atom. The Bertz CT molecular complexity index is 233. The molecule has 2 N–H and O–H groups in total. The lowest BCUT2D eigenvalue weighted by molar-refractivity contribution is 0.105. The lowest BCUT2D eigenvalue weighted by atomic mass is 9.89. The van der Waals surface area contributed by atoms with Crippen LogP contribution in [0.4, 0.5) is 4.79 Å². The van der Waals surface area contributed by atoms with Gasteiger partial charge in [-0.05, 0) is 40.0 Å². The van der Waals surface area contributed by atoms with Crippen LogP contribution in [0, 0.1) is 5.92 Å². The Morgan fingerprint density at radius 1 is 1.38 bits per heavy atom. The lowest BCUT2D eigenvalue weighted by Gasteiger charge is -2.40. The fourth-order valence-corrected chi connectivity index (χ4v) is 2.67. The zero-order valence-electron chi connectivity index (χ0n) is 9.22. The van der Waals surface area contributed by atoms with Crippen molar-refractivity contribution in [2.75, 3.05) is 0 Å². The Balaban J connectivity index is 3.07. The first-order valence-corrected chi connectivity index (χ1v) is 4.79. The van der Waals surface area contributed by atoms with Crippen LogP contribution in [0.5, 0.6) is 0 Å². The molecular weight excluding hydrogens is 164 g/mol. The predicted octanol–water partition coefficient (Wildman–Crippen LogP) is 1.96. The van der Waals surface area contributed by atoms with E-state index < -0.39 is 0 Å². The Labute approximate surface area is 80.3 Å². The van der Waals surface area contributed by atoms with E-state index in [0.717, 1.165) is 6.42 Å². The quantitative estimate of drug-likeness (QED) is 0.614. The molecule has 1 aliphatic rings. The standard InChI is InChI=1S/C10H20N2O/c1-7-6-9(2,3)12(8(11)13)10(7,4)5/h7H,6H2,1-5H3,(H2,11,13). The second-order valence-corrected chi connectivity index (χ2v) is 5.24. The minimum atomic E-state index is -0.306. The molecule has 1 heterocycles. The van der Waals surface area contributed by atoms with E-state index in [-0.39, 0.29) is 17.1 Å². The van der Waals surface area contributed by atoms with Crippen LogP contribution >= 0.6 is 0 Å². The van der Waals surface area contributed by atoms with Gasteiger partial charge in [-0.1, -0.05) is 6.92 Å². The average molecular weight is 184 g/mol. The van der Waals surface area contributed by atoms with Gasteiger partial charge in [0.15, 0.2) is 0 Å². The highest BCUT2D eigenvalue weighted by atomic mass is 16.2. The second-order valence-electron chi connectivity index (χ2n) is 5.24. The van der Waals surface area contributed by atoms with Crippen LogP contribution in [-0.2, 0) is 0 Å². The molecule has 0 saturated carbocycles. The van der Waals surface area contributed by atoms with E-state index in [0.29, 0.717) is 5.92 Å². The van der Waals surface area contributed by atoms with Gasteiger partial charge in [-0.2, -0.15) is 0 Å². The Morgan fingerprint density at radius 3 is 2.00 bits per heavy atom. The molecule has 13 heavy (non-hydrogen) atoms. The van der Waals surface area contributed by atoms with E-state index in [1.807, 2.05) is 4.90 Å². The first-order chi connectivity index (χ1) is 5.69. The summed E-state index contributed by atoms with van der Waals surface area (Å²) in [7, 11) is 0. The molecule has 1 atom stereocenters. The summed E-state index contributed by atoms with van der Waals surface area (Å²) in [6.07, 6.45) is 1.02. The number of hydrogen-bond acceptors (Lipinski definition) is 1. The highest BCUT2D eigenvalue weighted by Crippen LogP contribution is 2.44. The van der Waals surface area contributed by atoms with Crippen LogP contribution in [0.1, 0.15) is 41.0 Å². The summed E-state index contributed by atoms with van der Waals surface area (Å²) >= 11 is 0. The topological polar surface area (TPSA) is 46.3 Å². The second kappa shape index (κ2) is 2.63. The number of carbonyl (C=O) groups excluding carboxylic acids is 1. The molecule has 1 unspecified atom stereocenters. The normalized spacial score (nSPS) is 30.5. The summed E-state index contributed by atoms with van der Waals surface area (Å²) < 4.78 is 0. The molecule has 2 amide bonds. The maximum atomic E-state index is 11.3. The zero-order chi connectivity index (χ0) is 10.4. The molecule has 3 heteroatoms. The third-order valence-corrected chi connectivity index (χ3v) is 3.41. The van der Waals surface area contributed by atoms with Gasteiger partial charge in [-0.15, -0.1) is 0 Å². The molecule has 1 rings (SSSR count). The van der Waals surface area contributed by atoms with Crippen LogP contribution in [0.3, 0.4) is 0 Å². The molecule has 0 radical (unpaired) electrons. The van der Waals surface area contributed by atoms with Crippen molar-refractivity contribution in [1.82, 2.24) is 4.90 Å². The molecule has 1 saturated heterocycles. The van der Waals surface area contributed by atoms with Crippen molar-refractivity contribution in [1.29, 1.82) is 0 Å². The monoisotopic (exact) mass is 184 g/mol. The predicted molar refractivity (Wildman–Crippen MR) is 53.4 cm³/mol. The number of amides is 2. The van der Waals surface area contributed by atoms with Gasteiger partial charge in [-0.3, -0.25) is 0 Å². The minimum absolute atomic E-state index is 0.102. The molecule has 3 nitrogen and oxygen atoms in total. The van der Waals surface area contributed by atoms with Crippen LogP contribution in [0.2, 0.25) is 0 Å². The van der Waals surface area contributed by atoms with Crippen molar-refractivity contribution >= 4 is 6.03 Å². The summed E-state index contributed by atoms with van der Waals surface area (Å²) in [5, 5.41) is 0. The zero-order valence-corrected chi connectivity index (χ0v) is 9.22. The highest BCUT2D eigenvalue weighted by Gasteiger charge is 2.50. The van der Waals surface area contributed by atoms with E-state index >= 15 is 0 Å². The van der Waals surface area contributed by atoms with Gasteiger partial charge in [0.05, 0.1) is 0 Å². The number of hydrogen-bond donors (Lipinski definition) is 1. The Kier molecular flexibility index (Phi) is 2.09. The molecule has 0 aromatic rings. The van der Waals surface area contributed by atoms with E-state index in [4.69, 9.17) is 5.73 Å². The summed E-state index contributed by atoms with van der Waals surface area (Å²) in [6, 6.07) is -0.306. The molecule has 76 valence electrons. The van der Waals surface area contributed by atoms with Gasteiger partial charge in [0.2, 0.25) is 0 Å². The molecule has 0 aromatic heterocycles. The smallest absolute Gasteiger partial charge is 0.315 e. The maximum Gasteiger partial charge on any atom is 0.315 e. The van der Waals surface area contributed by atoms with Crippen molar-refractivity contribution in [3.8, 4) is 0 Å². The number of nitrogens with zero attached hydrogens (tertiary/aromatic N) is 1. The van der Waals surface area contributed by atoms with Gasteiger partial charge in [0.25, 0.3) is 0 Å². The molecular formula is C10H20N2O. The van der Waals surface area contributed by atoms with Crippen LogP contribution in [-0.4, -0.2) is 22.0 Å². The van der Waals surface area contributed by atoms with Crippen molar-refractivity contribution in [3.63, 3.8) is 0 Å². The Hall–Kier alpha value is -0.730. The fourth-order valence-electron chi connectivity index (χ4n) is 2.67. The van der Waals surface area contributed by atoms with Crippen molar-refractivity contribution < 1.29 is 4.79 Å².